The minimum absolute atomic E-state index is 0.0175. The monoisotopic (exact) mass is 338 g/mol. The topological polar surface area (TPSA) is 71.5 Å². The molecule has 1 aliphatic carbocycles. The van der Waals surface area contributed by atoms with Crippen molar-refractivity contribution in [2.45, 2.75) is 37.8 Å². The number of hydrogen-bond acceptors (Lipinski definition) is 4. The Bertz CT molecular complexity index is 757. The lowest BCUT2D eigenvalue weighted by Crippen LogP contribution is -2.41. The smallest absolute Gasteiger partial charge is 0.224 e. The Labute approximate surface area is 147 Å². The van der Waals surface area contributed by atoms with Crippen molar-refractivity contribution in [1.82, 2.24) is 10.3 Å². The molecule has 1 aliphatic heterocycles. The first-order chi connectivity index (χ1) is 12.2. The number of aromatic nitrogens is 1. The molecule has 2 aliphatic rings. The Kier molecular flexibility index (Phi) is 4.40. The van der Waals surface area contributed by atoms with E-state index >= 15 is 0 Å². The molecule has 1 aromatic heterocycles. The second-order valence-electron chi connectivity index (χ2n) is 6.93. The number of ether oxygens (including phenoxy) is 1. The number of aliphatic hydroxyl groups excluding tert-OH is 1. The van der Waals surface area contributed by atoms with Crippen molar-refractivity contribution in [3.05, 3.63) is 59.4 Å². The van der Waals surface area contributed by atoms with Gasteiger partial charge < -0.3 is 15.2 Å². The lowest BCUT2D eigenvalue weighted by atomic mass is 9.74. The number of benzene rings is 1. The van der Waals surface area contributed by atoms with Crippen molar-refractivity contribution >= 4 is 5.91 Å². The van der Waals surface area contributed by atoms with Crippen LogP contribution in [0.25, 0.3) is 0 Å². The molecule has 2 N–H and O–H groups in total. The lowest BCUT2D eigenvalue weighted by Gasteiger charge is -2.38. The normalized spacial score (nSPS) is 22.4. The van der Waals surface area contributed by atoms with Crippen LogP contribution in [0.15, 0.2) is 42.7 Å². The van der Waals surface area contributed by atoms with Crippen LogP contribution in [0.3, 0.4) is 0 Å². The van der Waals surface area contributed by atoms with Crippen molar-refractivity contribution in [3.63, 3.8) is 0 Å². The van der Waals surface area contributed by atoms with Gasteiger partial charge in [0.2, 0.25) is 5.91 Å². The maximum absolute atomic E-state index is 12.5. The number of aliphatic hydroxyl groups is 1. The third kappa shape index (κ3) is 3.51. The van der Waals surface area contributed by atoms with E-state index in [1.165, 1.54) is 5.56 Å². The number of carbonyl (C=O) groups excluding carboxylic acids is 1. The third-order valence-electron chi connectivity index (χ3n) is 5.10. The van der Waals surface area contributed by atoms with Gasteiger partial charge in [0, 0.05) is 18.8 Å². The summed E-state index contributed by atoms with van der Waals surface area (Å²) in [6.07, 6.45) is 5.85. The van der Waals surface area contributed by atoms with E-state index in [2.05, 4.69) is 16.4 Å². The SMILES string of the molecule is O=C(Cc1cccnc1)NC(c1ccc2c(c1)CCO2)C1CC(O)C1. The van der Waals surface area contributed by atoms with Crippen LogP contribution in [0.2, 0.25) is 0 Å². The van der Waals surface area contributed by atoms with Crippen LogP contribution < -0.4 is 10.1 Å². The molecule has 25 heavy (non-hydrogen) atoms. The molecule has 4 rings (SSSR count). The van der Waals surface area contributed by atoms with Gasteiger partial charge in [-0.1, -0.05) is 12.1 Å². The van der Waals surface area contributed by atoms with Gasteiger partial charge in [0.05, 0.1) is 25.2 Å². The van der Waals surface area contributed by atoms with Gasteiger partial charge in [-0.3, -0.25) is 9.78 Å². The maximum Gasteiger partial charge on any atom is 0.224 e. The third-order valence-corrected chi connectivity index (χ3v) is 5.10. The van der Waals surface area contributed by atoms with Gasteiger partial charge >= 0.3 is 0 Å². The molecule has 2 aromatic rings. The molecule has 1 fully saturated rings. The Hall–Kier alpha value is -2.40. The van der Waals surface area contributed by atoms with Crippen molar-refractivity contribution in [1.29, 1.82) is 0 Å². The number of nitrogens with zero attached hydrogens (tertiary/aromatic N) is 1. The predicted octanol–water partition coefficient (Wildman–Crippen LogP) is 2.19. The summed E-state index contributed by atoms with van der Waals surface area (Å²) in [6.45, 7) is 0.721. The Morgan fingerprint density at radius 2 is 2.24 bits per heavy atom. The molecule has 0 saturated heterocycles. The average molecular weight is 338 g/mol. The first kappa shape index (κ1) is 16.1. The van der Waals surface area contributed by atoms with E-state index < -0.39 is 0 Å². The highest BCUT2D eigenvalue weighted by Gasteiger charge is 2.36. The molecule has 2 heterocycles. The van der Waals surface area contributed by atoms with E-state index in [0.717, 1.165) is 42.7 Å². The van der Waals surface area contributed by atoms with Crippen LogP contribution in [-0.4, -0.2) is 28.7 Å². The summed E-state index contributed by atoms with van der Waals surface area (Å²) in [7, 11) is 0. The number of amides is 1. The molecule has 5 nitrogen and oxygen atoms in total. The van der Waals surface area contributed by atoms with Crippen molar-refractivity contribution in [2.24, 2.45) is 5.92 Å². The van der Waals surface area contributed by atoms with Crippen molar-refractivity contribution < 1.29 is 14.6 Å². The summed E-state index contributed by atoms with van der Waals surface area (Å²) in [6, 6.07) is 9.84. The predicted molar refractivity (Wildman–Crippen MR) is 93.2 cm³/mol. The Morgan fingerprint density at radius 3 is 3.00 bits per heavy atom. The minimum atomic E-state index is -0.250. The summed E-state index contributed by atoms with van der Waals surface area (Å²) in [5.41, 5.74) is 3.19. The fourth-order valence-corrected chi connectivity index (χ4v) is 3.69. The second kappa shape index (κ2) is 6.84. The molecule has 0 spiro atoms. The van der Waals surface area contributed by atoms with Gasteiger partial charge in [0.25, 0.3) is 0 Å². The van der Waals surface area contributed by atoms with Crippen LogP contribution in [0.1, 0.15) is 35.6 Å². The highest BCUT2D eigenvalue weighted by Crippen LogP contribution is 2.39. The molecule has 0 bridgehead atoms. The molecule has 130 valence electrons. The lowest BCUT2D eigenvalue weighted by molar-refractivity contribution is -0.122. The van der Waals surface area contributed by atoms with Crippen molar-refractivity contribution in [3.8, 4) is 5.75 Å². The summed E-state index contributed by atoms with van der Waals surface area (Å²) in [5.74, 6) is 1.20. The standard InChI is InChI=1S/C20H22N2O3/c23-17-10-16(11-17)20(15-3-4-18-14(9-15)5-7-25-18)22-19(24)8-13-2-1-6-21-12-13/h1-4,6,9,12,16-17,20,23H,5,7-8,10-11H2,(H,22,24). The number of hydrogen-bond donors (Lipinski definition) is 2. The van der Waals surface area contributed by atoms with E-state index in [1.54, 1.807) is 12.4 Å². The quantitative estimate of drug-likeness (QED) is 0.877. The van der Waals surface area contributed by atoms with Gasteiger partial charge in [-0.15, -0.1) is 0 Å². The van der Waals surface area contributed by atoms with E-state index in [4.69, 9.17) is 4.74 Å². The zero-order chi connectivity index (χ0) is 17.2. The number of fused-ring (bicyclic) bond motifs is 1. The number of pyridine rings is 1. The first-order valence-electron chi connectivity index (χ1n) is 8.81. The van der Waals surface area contributed by atoms with Gasteiger partial charge in [0.15, 0.2) is 0 Å². The number of rotatable bonds is 5. The summed E-state index contributed by atoms with van der Waals surface area (Å²) >= 11 is 0. The summed E-state index contributed by atoms with van der Waals surface area (Å²) in [4.78, 5) is 16.6. The fourth-order valence-electron chi connectivity index (χ4n) is 3.69. The molecular formula is C20H22N2O3. The number of nitrogens with one attached hydrogen (secondary N) is 1. The summed E-state index contributed by atoms with van der Waals surface area (Å²) in [5, 5.41) is 12.9. The molecule has 1 amide bonds. The molecule has 1 saturated carbocycles. The van der Waals surface area contributed by atoms with E-state index in [0.29, 0.717) is 6.42 Å². The number of carbonyl (C=O) groups is 1. The van der Waals surface area contributed by atoms with E-state index in [1.807, 2.05) is 24.3 Å². The van der Waals surface area contributed by atoms with Gasteiger partial charge in [0.1, 0.15) is 5.75 Å². The maximum atomic E-state index is 12.5. The minimum Gasteiger partial charge on any atom is -0.493 e. The highest BCUT2D eigenvalue weighted by molar-refractivity contribution is 5.79. The second-order valence-corrected chi connectivity index (χ2v) is 6.93. The zero-order valence-electron chi connectivity index (χ0n) is 14.0. The Morgan fingerprint density at radius 1 is 1.36 bits per heavy atom. The van der Waals surface area contributed by atoms with Crippen molar-refractivity contribution in [2.75, 3.05) is 6.61 Å². The van der Waals surface area contributed by atoms with E-state index in [-0.39, 0.29) is 24.0 Å². The first-order valence-corrected chi connectivity index (χ1v) is 8.81. The molecule has 5 heteroatoms. The largest absolute Gasteiger partial charge is 0.493 e. The fraction of sp³-hybridized carbons (Fsp3) is 0.400. The van der Waals surface area contributed by atoms with Crippen LogP contribution >= 0.6 is 0 Å². The van der Waals surface area contributed by atoms with Crippen LogP contribution in [0, 0.1) is 5.92 Å². The zero-order valence-corrected chi connectivity index (χ0v) is 14.0. The van der Waals surface area contributed by atoms with Crippen LogP contribution in [-0.2, 0) is 17.6 Å². The van der Waals surface area contributed by atoms with Gasteiger partial charge in [-0.25, -0.2) is 0 Å². The van der Waals surface area contributed by atoms with Gasteiger partial charge in [-0.05, 0) is 53.6 Å². The molecule has 1 unspecified atom stereocenters. The molecular weight excluding hydrogens is 316 g/mol. The average Bonchev–Trinajstić information content (AvgIpc) is 3.06. The van der Waals surface area contributed by atoms with E-state index in [9.17, 15) is 9.90 Å². The molecule has 0 radical (unpaired) electrons. The Balaban J connectivity index is 1.51. The molecule has 1 aromatic carbocycles. The van der Waals surface area contributed by atoms with Crippen LogP contribution in [0.4, 0.5) is 0 Å². The summed E-state index contributed by atoms with van der Waals surface area (Å²) < 4.78 is 5.58. The molecule has 1 atom stereocenters. The van der Waals surface area contributed by atoms with Crippen LogP contribution in [0.5, 0.6) is 5.75 Å². The van der Waals surface area contributed by atoms with Gasteiger partial charge in [-0.2, -0.15) is 0 Å². The highest BCUT2D eigenvalue weighted by atomic mass is 16.5.